The van der Waals surface area contributed by atoms with E-state index in [1.807, 2.05) is 0 Å². The molecule has 0 aliphatic heterocycles. The summed E-state index contributed by atoms with van der Waals surface area (Å²) in [4.78, 5) is 26.4. The molecule has 0 radical (unpaired) electrons. The molecule has 1 aliphatic rings. The number of carbonyl (C=O) groups excluding carboxylic acids is 1. The lowest BCUT2D eigenvalue weighted by molar-refractivity contribution is 0.0717. The molecule has 1 saturated carbocycles. The van der Waals surface area contributed by atoms with Gasteiger partial charge < -0.3 is 15.4 Å². The second-order valence-electron chi connectivity index (χ2n) is 5.79. The minimum absolute atomic E-state index is 0.0809. The maximum absolute atomic E-state index is 12.1. The number of rotatable bonds is 4. The fraction of sp³-hybridized carbons (Fsp3) is 0.600. The van der Waals surface area contributed by atoms with E-state index in [0.717, 1.165) is 31.4 Å². The molecule has 1 heterocycles. The highest BCUT2D eigenvalue weighted by Gasteiger charge is 2.31. The summed E-state index contributed by atoms with van der Waals surface area (Å²) in [5.41, 5.74) is 0.264. The fourth-order valence-electron chi connectivity index (χ4n) is 2.81. The van der Waals surface area contributed by atoms with E-state index in [-0.39, 0.29) is 29.1 Å². The summed E-state index contributed by atoms with van der Waals surface area (Å²) in [7, 11) is 0. The van der Waals surface area contributed by atoms with Gasteiger partial charge in [-0.3, -0.25) is 9.59 Å². The molecule has 0 unspecified atom stereocenters. The summed E-state index contributed by atoms with van der Waals surface area (Å²) >= 11 is 0. The number of aryl methyl sites for hydroxylation is 1. The zero-order chi connectivity index (χ0) is 14.6. The molecule has 1 amide bonds. The summed E-state index contributed by atoms with van der Waals surface area (Å²) in [6, 6.07) is 3.24. The first kappa shape index (κ1) is 14.8. The van der Waals surface area contributed by atoms with Crippen molar-refractivity contribution in [1.29, 1.82) is 0 Å². The van der Waals surface area contributed by atoms with Crippen LogP contribution in [0.2, 0.25) is 0 Å². The molecule has 1 fully saturated rings. The maximum Gasteiger partial charge on any atom is 0.260 e. The van der Waals surface area contributed by atoms with E-state index in [4.69, 9.17) is 0 Å². The molecule has 110 valence electrons. The molecule has 1 aromatic heterocycles. The highest BCUT2D eigenvalue weighted by molar-refractivity contribution is 5.93. The number of H-pyrrole nitrogens is 1. The number of amides is 1. The number of hydrogen-bond acceptors (Lipinski definition) is 3. The zero-order valence-electron chi connectivity index (χ0n) is 11.9. The Labute approximate surface area is 118 Å². The Morgan fingerprint density at radius 3 is 2.65 bits per heavy atom. The summed E-state index contributed by atoms with van der Waals surface area (Å²) in [5.74, 6) is -0.371. The van der Waals surface area contributed by atoms with Crippen LogP contribution in [-0.2, 0) is 0 Å². The Bertz CT molecular complexity index is 530. The Morgan fingerprint density at radius 2 is 2.05 bits per heavy atom. The maximum atomic E-state index is 12.1. The van der Waals surface area contributed by atoms with Crippen molar-refractivity contribution in [3.05, 3.63) is 33.7 Å². The number of aliphatic hydroxyl groups excluding tert-OH is 1. The summed E-state index contributed by atoms with van der Waals surface area (Å²) in [5, 5.41) is 12.4. The second-order valence-corrected chi connectivity index (χ2v) is 5.79. The van der Waals surface area contributed by atoms with Crippen molar-refractivity contribution in [3.63, 3.8) is 0 Å². The van der Waals surface area contributed by atoms with E-state index in [1.54, 1.807) is 13.0 Å². The number of nitrogens with one attached hydrogen (secondary N) is 2. The number of pyridine rings is 1. The summed E-state index contributed by atoms with van der Waals surface area (Å²) in [6.45, 7) is 2.28. The van der Waals surface area contributed by atoms with Gasteiger partial charge >= 0.3 is 0 Å². The van der Waals surface area contributed by atoms with E-state index in [9.17, 15) is 14.7 Å². The zero-order valence-corrected chi connectivity index (χ0v) is 11.9. The first-order valence-electron chi connectivity index (χ1n) is 7.15. The molecule has 3 N–H and O–H groups in total. The SMILES string of the molecule is Cc1ccc(C(=O)NCC2(CO)CCCCC2)c(=O)[nH]1. The van der Waals surface area contributed by atoms with Gasteiger partial charge in [0.25, 0.3) is 11.5 Å². The van der Waals surface area contributed by atoms with E-state index in [2.05, 4.69) is 10.3 Å². The van der Waals surface area contributed by atoms with Crippen molar-refractivity contribution < 1.29 is 9.90 Å². The minimum atomic E-state index is -0.371. The number of carbonyl (C=O) groups is 1. The van der Waals surface area contributed by atoms with Crippen molar-refractivity contribution in [3.8, 4) is 0 Å². The third-order valence-corrected chi connectivity index (χ3v) is 4.17. The second kappa shape index (κ2) is 6.22. The largest absolute Gasteiger partial charge is 0.396 e. The topological polar surface area (TPSA) is 82.2 Å². The van der Waals surface area contributed by atoms with E-state index < -0.39 is 0 Å². The van der Waals surface area contributed by atoms with Crippen molar-refractivity contribution >= 4 is 5.91 Å². The van der Waals surface area contributed by atoms with E-state index in [0.29, 0.717) is 6.54 Å². The van der Waals surface area contributed by atoms with Crippen molar-refractivity contribution in [2.24, 2.45) is 5.41 Å². The Hall–Kier alpha value is -1.62. The quantitative estimate of drug-likeness (QED) is 0.777. The van der Waals surface area contributed by atoms with Gasteiger partial charge in [-0.25, -0.2) is 0 Å². The van der Waals surface area contributed by atoms with Crippen LogP contribution in [0.3, 0.4) is 0 Å². The predicted molar refractivity (Wildman–Crippen MR) is 76.7 cm³/mol. The van der Waals surface area contributed by atoms with Crippen LogP contribution in [0.5, 0.6) is 0 Å². The van der Waals surface area contributed by atoms with Crippen LogP contribution < -0.4 is 10.9 Å². The van der Waals surface area contributed by atoms with Crippen LogP contribution in [0.15, 0.2) is 16.9 Å². The minimum Gasteiger partial charge on any atom is -0.396 e. The normalized spacial score (nSPS) is 17.7. The van der Waals surface area contributed by atoms with E-state index in [1.165, 1.54) is 12.5 Å². The predicted octanol–water partition coefficient (Wildman–Crippen LogP) is 1.36. The summed E-state index contributed by atoms with van der Waals surface area (Å²) in [6.07, 6.45) is 5.21. The molecule has 1 aliphatic carbocycles. The van der Waals surface area contributed by atoms with Gasteiger partial charge in [-0.15, -0.1) is 0 Å². The molecule has 1 aromatic rings. The van der Waals surface area contributed by atoms with Gasteiger partial charge in [-0.2, -0.15) is 0 Å². The van der Waals surface area contributed by atoms with Gasteiger partial charge in [0.2, 0.25) is 0 Å². The molecule has 20 heavy (non-hydrogen) atoms. The Morgan fingerprint density at radius 1 is 1.35 bits per heavy atom. The fourth-order valence-corrected chi connectivity index (χ4v) is 2.81. The molecule has 2 rings (SSSR count). The Kier molecular flexibility index (Phi) is 4.60. The third kappa shape index (κ3) is 3.28. The van der Waals surface area contributed by atoms with Gasteiger partial charge in [0.1, 0.15) is 5.56 Å². The molecular weight excluding hydrogens is 256 g/mol. The highest BCUT2D eigenvalue weighted by atomic mass is 16.3. The van der Waals surface area contributed by atoms with Gasteiger partial charge in [-0.1, -0.05) is 19.3 Å². The standard InChI is InChI=1S/C15H22N2O3/c1-11-5-6-12(14(20)17-11)13(19)16-9-15(10-18)7-3-2-4-8-15/h5-6,18H,2-4,7-10H2,1H3,(H,16,19)(H,17,20). The first-order valence-corrected chi connectivity index (χ1v) is 7.15. The third-order valence-electron chi connectivity index (χ3n) is 4.17. The molecular formula is C15H22N2O3. The molecule has 0 spiro atoms. The van der Waals surface area contributed by atoms with Crippen LogP contribution in [0.25, 0.3) is 0 Å². The lowest BCUT2D eigenvalue weighted by Gasteiger charge is -2.35. The first-order chi connectivity index (χ1) is 9.56. The Balaban J connectivity index is 2.02. The van der Waals surface area contributed by atoms with Gasteiger partial charge in [0.15, 0.2) is 0 Å². The lowest BCUT2D eigenvalue weighted by atomic mass is 9.74. The van der Waals surface area contributed by atoms with Crippen LogP contribution >= 0.6 is 0 Å². The van der Waals surface area contributed by atoms with Crippen LogP contribution in [-0.4, -0.2) is 29.1 Å². The van der Waals surface area contributed by atoms with Gasteiger partial charge in [-0.05, 0) is 31.9 Å². The molecule has 0 aromatic carbocycles. The molecule has 5 nitrogen and oxygen atoms in total. The van der Waals surface area contributed by atoms with Crippen LogP contribution in [0, 0.1) is 12.3 Å². The number of aromatic nitrogens is 1. The van der Waals surface area contributed by atoms with Crippen molar-refractivity contribution in [2.75, 3.05) is 13.2 Å². The average molecular weight is 278 g/mol. The average Bonchev–Trinajstić information content (AvgIpc) is 2.46. The van der Waals surface area contributed by atoms with Crippen molar-refractivity contribution in [2.45, 2.75) is 39.0 Å². The van der Waals surface area contributed by atoms with Crippen LogP contribution in [0.1, 0.15) is 48.2 Å². The number of hydrogen-bond donors (Lipinski definition) is 3. The number of aromatic amines is 1. The van der Waals surface area contributed by atoms with Gasteiger partial charge in [0.05, 0.1) is 6.61 Å². The highest BCUT2D eigenvalue weighted by Crippen LogP contribution is 2.35. The van der Waals surface area contributed by atoms with Crippen LogP contribution in [0.4, 0.5) is 0 Å². The molecule has 0 saturated heterocycles. The lowest BCUT2D eigenvalue weighted by Crippen LogP contribution is -2.42. The number of aliphatic hydroxyl groups is 1. The summed E-state index contributed by atoms with van der Waals surface area (Å²) < 4.78 is 0. The molecule has 5 heteroatoms. The van der Waals surface area contributed by atoms with E-state index >= 15 is 0 Å². The smallest absolute Gasteiger partial charge is 0.260 e. The molecule has 0 atom stereocenters. The van der Waals surface area contributed by atoms with Gasteiger partial charge in [0, 0.05) is 17.7 Å². The molecule has 0 bridgehead atoms. The van der Waals surface area contributed by atoms with Crippen molar-refractivity contribution in [1.82, 2.24) is 10.3 Å². The monoisotopic (exact) mass is 278 g/mol.